The van der Waals surface area contributed by atoms with Gasteiger partial charge in [-0.3, -0.25) is 14.3 Å². The summed E-state index contributed by atoms with van der Waals surface area (Å²) in [5, 5.41) is 4.66. The van der Waals surface area contributed by atoms with Crippen LogP contribution >= 0.6 is 11.6 Å². The van der Waals surface area contributed by atoms with Crippen LogP contribution in [0.3, 0.4) is 0 Å². The average molecular weight is 376 g/mol. The van der Waals surface area contributed by atoms with Gasteiger partial charge in [0.2, 0.25) is 11.8 Å². The van der Waals surface area contributed by atoms with Gasteiger partial charge in [0.25, 0.3) is 0 Å². The summed E-state index contributed by atoms with van der Waals surface area (Å²) in [5.41, 5.74) is 0.699. The van der Waals surface area contributed by atoms with Gasteiger partial charge in [-0.1, -0.05) is 17.7 Å². The number of fused-ring (bicyclic) bond motifs is 5. The molecule has 3 saturated heterocycles. The Morgan fingerprint density at radius 1 is 1.15 bits per heavy atom. The number of hydrogen-bond donors (Lipinski definition) is 0. The molecule has 8 heteroatoms. The van der Waals surface area contributed by atoms with Crippen LogP contribution in [0.5, 0.6) is 0 Å². The number of carbonyl (C=O) groups is 2. The highest BCUT2D eigenvalue weighted by Crippen LogP contribution is 2.49. The molecule has 2 aromatic rings. The molecule has 6 nitrogen and oxygen atoms in total. The van der Waals surface area contributed by atoms with Gasteiger partial charge in [0.1, 0.15) is 5.82 Å². The quantitative estimate of drug-likeness (QED) is 0.773. The van der Waals surface area contributed by atoms with Crippen LogP contribution in [0.15, 0.2) is 30.5 Å². The zero-order valence-electron chi connectivity index (χ0n) is 13.6. The number of aromatic nitrogens is 2. The van der Waals surface area contributed by atoms with Gasteiger partial charge in [-0.15, -0.1) is 0 Å². The maximum absolute atomic E-state index is 13.2. The van der Waals surface area contributed by atoms with Gasteiger partial charge >= 0.3 is 0 Å². The van der Waals surface area contributed by atoms with Crippen molar-refractivity contribution in [1.29, 1.82) is 0 Å². The average Bonchev–Trinajstić information content (AvgIpc) is 3.35. The number of ether oxygens (including phenoxy) is 1. The molecule has 0 spiro atoms. The number of carbonyl (C=O) groups excluding carboxylic acids is 2. The van der Waals surface area contributed by atoms with Crippen molar-refractivity contribution in [2.24, 2.45) is 11.8 Å². The molecule has 3 aliphatic rings. The Labute approximate surface area is 153 Å². The van der Waals surface area contributed by atoms with Crippen LogP contribution in [0.25, 0.3) is 0 Å². The zero-order chi connectivity index (χ0) is 18.0. The van der Waals surface area contributed by atoms with Crippen LogP contribution in [0.4, 0.5) is 10.2 Å². The third kappa shape index (κ3) is 2.23. The standard InChI is InChI=1S/C18H15ClFN3O3/c19-11-7-10(20)2-1-9(11)8-22-6-5-14(21-22)23-17(24)15-12-3-4-13(26-12)16(15)18(23)25/h1-2,5-7,12-13,15-16H,3-4,8H2/t12-,13+,15-,16-/m0/s1. The van der Waals surface area contributed by atoms with Crippen molar-refractivity contribution in [2.75, 3.05) is 4.90 Å². The van der Waals surface area contributed by atoms with Crippen LogP contribution in [-0.2, 0) is 20.9 Å². The Balaban J connectivity index is 1.40. The van der Waals surface area contributed by atoms with Crippen molar-refractivity contribution < 1.29 is 18.7 Å². The molecule has 1 aromatic heterocycles. The smallest absolute Gasteiger partial charge is 0.241 e. The minimum Gasteiger partial charge on any atom is -0.373 e. The van der Waals surface area contributed by atoms with E-state index in [0.717, 1.165) is 12.8 Å². The molecule has 0 radical (unpaired) electrons. The lowest BCUT2D eigenvalue weighted by Crippen LogP contribution is -2.34. The van der Waals surface area contributed by atoms with Gasteiger partial charge in [-0.2, -0.15) is 5.10 Å². The Hall–Kier alpha value is -2.25. The predicted molar refractivity (Wildman–Crippen MR) is 90.1 cm³/mol. The van der Waals surface area contributed by atoms with Gasteiger partial charge < -0.3 is 4.74 Å². The normalized spacial score (nSPS) is 29.7. The van der Waals surface area contributed by atoms with E-state index >= 15 is 0 Å². The van der Waals surface area contributed by atoms with E-state index in [9.17, 15) is 14.0 Å². The van der Waals surface area contributed by atoms with Crippen LogP contribution in [0, 0.1) is 17.7 Å². The van der Waals surface area contributed by atoms with E-state index in [1.54, 1.807) is 23.0 Å². The summed E-state index contributed by atoms with van der Waals surface area (Å²) in [4.78, 5) is 26.7. The van der Waals surface area contributed by atoms with Crippen LogP contribution in [0.1, 0.15) is 18.4 Å². The number of imide groups is 1. The molecule has 0 aliphatic carbocycles. The second kappa shape index (κ2) is 5.62. The first kappa shape index (κ1) is 16.0. The van der Waals surface area contributed by atoms with Gasteiger partial charge in [0, 0.05) is 17.3 Å². The van der Waals surface area contributed by atoms with Crippen molar-refractivity contribution in [3.8, 4) is 0 Å². The fourth-order valence-corrected chi connectivity index (χ4v) is 4.55. The first-order valence-corrected chi connectivity index (χ1v) is 8.91. The van der Waals surface area contributed by atoms with Crippen molar-refractivity contribution >= 4 is 29.2 Å². The van der Waals surface area contributed by atoms with E-state index in [1.165, 1.54) is 17.0 Å². The van der Waals surface area contributed by atoms with E-state index in [-0.39, 0.29) is 35.9 Å². The lowest BCUT2D eigenvalue weighted by molar-refractivity contribution is -0.124. The molecule has 3 aliphatic heterocycles. The van der Waals surface area contributed by atoms with Crippen molar-refractivity contribution in [1.82, 2.24) is 9.78 Å². The molecule has 4 atom stereocenters. The van der Waals surface area contributed by atoms with Crippen LogP contribution in [0.2, 0.25) is 5.02 Å². The minimum atomic E-state index is -0.406. The van der Waals surface area contributed by atoms with Crippen LogP contribution < -0.4 is 4.90 Å². The maximum atomic E-state index is 13.2. The van der Waals surface area contributed by atoms with E-state index in [2.05, 4.69) is 5.10 Å². The summed E-state index contributed by atoms with van der Waals surface area (Å²) in [7, 11) is 0. The molecule has 26 heavy (non-hydrogen) atoms. The fourth-order valence-electron chi connectivity index (χ4n) is 4.32. The fraction of sp³-hybridized carbons (Fsp3) is 0.389. The predicted octanol–water partition coefficient (Wildman–Crippen LogP) is 2.39. The highest BCUT2D eigenvalue weighted by Gasteiger charge is 2.63. The SMILES string of the molecule is O=C1[C@@H]2[C@@H](C(=O)N1c1ccn(Cc3ccc(F)cc3Cl)n1)[C@H]1CC[C@@H]2O1. The molecular weight excluding hydrogens is 361 g/mol. The minimum absolute atomic E-state index is 0.147. The lowest BCUT2D eigenvalue weighted by Gasteiger charge is -2.15. The molecule has 134 valence electrons. The number of anilines is 1. The number of amides is 2. The molecule has 2 amide bonds. The second-order valence-corrected chi connectivity index (χ2v) is 7.37. The van der Waals surface area contributed by atoms with E-state index in [0.29, 0.717) is 22.9 Å². The first-order chi connectivity index (χ1) is 12.5. The number of benzene rings is 1. The maximum Gasteiger partial charge on any atom is 0.241 e. The number of nitrogens with zero attached hydrogens (tertiary/aromatic N) is 3. The summed E-state index contributed by atoms with van der Waals surface area (Å²) < 4.78 is 20.5. The van der Waals surface area contributed by atoms with E-state index in [4.69, 9.17) is 16.3 Å². The Kier molecular flexibility index (Phi) is 3.45. The van der Waals surface area contributed by atoms with E-state index in [1.807, 2.05) is 0 Å². The molecule has 2 bridgehead atoms. The van der Waals surface area contributed by atoms with Crippen LogP contribution in [-0.4, -0.2) is 33.8 Å². The number of halogens is 2. The zero-order valence-corrected chi connectivity index (χ0v) is 14.4. The molecule has 0 saturated carbocycles. The summed E-state index contributed by atoms with van der Waals surface area (Å²) in [6, 6.07) is 5.80. The lowest BCUT2D eigenvalue weighted by atomic mass is 9.81. The molecule has 0 N–H and O–H groups in total. The van der Waals surface area contributed by atoms with Gasteiger partial charge in [-0.25, -0.2) is 9.29 Å². The summed E-state index contributed by atoms with van der Waals surface area (Å²) in [5.74, 6) is -1.30. The molecule has 3 fully saturated rings. The molecule has 1 aromatic carbocycles. The molecule has 0 unspecified atom stereocenters. The van der Waals surface area contributed by atoms with Gasteiger partial charge in [0.15, 0.2) is 5.82 Å². The third-order valence-corrected chi connectivity index (χ3v) is 5.84. The third-order valence-electron chi connectivity index (χ3n) is 5.49. The van der Waals surface area contributed by atoms with Crippen molar-refractivity contribution in [2.45, 2.75) is 31.6 Å². The Bertz CT molecular complexity index is 902. The molecule has 5 rings (SSSR count). The first-order valence-electron chi connectivity index (χ1n) is 8.53. The van der Waals surface area contributed by atoms with E-state index < -0.39 is 5.82 Å². The monoisotopic (exact) mass is 375 g/mol. The highest BCUT2D eigenvalue weighted by atomic mass is 35.5. The summed E-state index contributed by atoms with van der Waals surface area (Å²) >= 11 is 6.05. The topological polar surface area (TPSA) is 64.4 Å². The summed E-state index contributed by atoms with van der Waals surface area (Å²) in [6.45, 7) is 0.316. The Morgan fingerprint density at radius 3 is 2.50 bits per heavy atom. The number of rotatable bonds is 3. The second-order valence-electron chi connectivity index (χ2n) is 6.96. The number of hydrogen-bond acceptors (Lipinski definition) is 4. The van der Waals surface area contributed by atoms with Gasteiger partial charge in [-0.05, 0) is 30.5 Å². The summed E-state index contributed by atoms with van der Waals surface area (Å²) in [6.07, 6.45) is 3.04. The molecule has 4 heterocycles. The highest BCUT2D eigenvalue weighted by molar-refractivity contribution is 6.31. The Morgan fingerprint density at radius 2 is 1.85 bits per heavy atom. The largest absolute Gasteiger partial charge is 0.373 e. The van der Waals surface area contributed by atoms with Crippen molar-refractivity contribution in [3.63, 3.8) is 0 Å². The van der Waals surface area contributed by atoms with Gasteiger partial charge in [0.05, 0.1) is 30.6 Å². The molecular formula is C18H15ClFN3O3. The van der Waals surface area contributed by atoms with Crippen molar-refractivity contribution in [3.05, 3.63) is 46.9 Å².